The fourth-order valence-electron chi connectivity index (χ4n) is 1.54. The number of alkyl halides is 6. The maximum Gasteiger partial charge on any atom is 0.422 e. The van der Waals surface area contributed by atoms with E-state index in [4.69, 9.17) is 5.73 Å². The van der Waals surface area contributed by atoms with Crippen LogP contribution in [0.5, 0.6) is 6.01 Å². The average Bonchev–Trinajstić information content (AvgIpc) is 2.43. The van der Waals surface area contributed by atoms with Crippen LogP contribution in [0, 0.1) is 0 Å². The standard InChI is InChI=1S/C12H9F6N5O/c13-11(14,15)5-24-10-22-8(19)21-9(23-10)20-7-3-1-2-6(4-7)12(16,17)18/h1-4H,5H2,(H3,19,20,21,22,23). The van der Waals surface area contributed by atoms with E-state index in [0.29, 0.717) is 0 Å². The Hall–Kier alpha value is -2.79. The Balaban J connectivity index is 2.19. The van der Waals surface area contributed by atoms with Crippen LogP contribution in [0.4, 0.5) is 43.9 Å². The smallest absolute Gasteiger partial charge is 0.422 e. The van der Waals surface area contributed by atoms with E-state index in [1.54, 1.807) is 0 Å². The lowest BCUT2D eigenvalue weighted by Gasteiger charge is -2.11. The Labute approximate surface area is 130 Å². The number of nitrogens with two attached hydrogens (primary N) is 1. The van der Waals surface area contributed by atoms with Crippen molar-refractivity contribution in [2.45, 2.75) is 12.4 Å². The molecule has 3 N–H and O–H groups in total. The second kappa shape index (κ2) is 6.37. The third-order valence-electron chi connectivity index (χ3n) is 2.44. The molecule has 24 heavy (non-hydrogen) atoms. The van der Waals surface area contributed by atoms with Gasteiger partial charge in [-0.1, -0.05) is 6.07 Å². The van der Waals surface area contributed by atoms with E-state index >= 15 is 0 Å². The lowest BCUT2D eigenvalue weighted by Crippen LogP contribution is -2.20. The minimum atomic E-state index is -4.62. The van der Waals surface area contributed by atoms with Crippen molar-refractivity contribution in [2.75, 3.05) is 17.7 Å². The summed E-state index contributed by atoms with van der Waals surface area (Å²) >= 11 is 0. The van der Waals surface area contributed by atoms with Crippen LogP contribution in [0.15, 0.2) is 24.3 Å². The highest BCUT2D eigenvalue weighted by atomic mass is 19.4. The number of nitrogen functional groups attached to an aromatic ring is 1. The summed E-state index contributed by atoms with van der Waals surface area (Å²) in [6.45, 7) is -1.65. The molecule has 0 aliphatic heterocycles. The quantitative estimate of drug-likeness (QED) is 0.822. The third kappa shape index (κ3) is 5.14. The molecule has 1 aromatic heterocycles. The van der Waals surface area contributed by atoms with Crippen LogP contribution in [0.2, 0.25) is 0 Å². The summed E-state index contributed by atoms with van der Waals surface area (Å²) in [7, 11) is 0. The number of aromatic nitrogens is 3. The first-order chi connectivity index (χ1) is 11.0. The maximum atomic E-state index is 12.6. The van der Waals surface area contributed by atoms with Crippen LogP contribution in [0.25, 0.3) is 0 Å². The highest BCUT2D eigenvalue weighted by Gasteiger charge is 2.31. The van der Waals surface area contributed by atoms with Crippen molar-refractivity contribution in [2.24, 2.45) is 0 Å². The highest BCUT2D eigenvalue weighted by molar-refractivity contribution is 5.55. The zero-order valence-corrected chi connectivity index (χ0v) is 11.6. The number of rotatable bonds is 4. The second-order valence-corrected chi connectivity index (χ2v) is 4.41. The highest BCUT2D eigenvalue weighted by Crippen LogP contribution is 2.31. The number of nitrogens with one attached hydrogen (secondary N) is 1. The van der Waals surface area contributed by atoms with E-state index in [1.165, 1.54) is 6.07 Å². The molecule has 0 aliphatic rings. The van der Waals surface area contributed by atoms with Gasteiger partial charge in [0, 0.05) is 5.69 Å². The molecule has 2 aromatic rings. The summed E-state index contributed by atoms with van der Waals surface area (Å²) in [5, 5.41) is 2.39. The number of hydrogen-bond acceptors (Lipinski definition) is 6. The topological polar surface area (TPSA) is 86.0 Å². The summed E-state index contributed by atoms with van der Waals surface area (Å²) in [6, 6.07) is 3.33. The molecule has 130 valence electrons. The van der Waals surface area contributed by atoms with Crippen LogP contribution in [0.3, 0.4) is 0 Å². The van der Waals surface area contributed by atoms with Crippen LogP contribution >= 0.6 is 0 Å². The monoisotopic (exact) mass is 353 g/mol. The van der Waals surface area contributed by atoms with Crippen molar-refractivity contribution in [1.29, 1.82) is 0 Å². The van der Waals surface area contributed by atoms with E-state index in [9.17, 15) is 26.3 Å². The molecule has 0 amide bonds. The molecule has 0 bridgehead atoms. The summed E-state index contributed by atoms with van der Waals surface area (Å²) in [5.41, 5.74) is 4.34. The predicted octanol–water partition coefficient (Wildman–Crippen LogP) is 3.16. The molecular formula is C12H9F6N5O. The van der Waals surface area contributed by atoms with E-state index in [1.807, 2.05) is 0 Å². The summed E-state index contributed by atoms with van der Waals surface area (Å²) in [6.07, 6.45) is -9.17. The molecule has 0 saturated heterocycles. The Kier molecular flexibility index (Phi) is 4.66. The molecule has 2 rings (SSSR count). The van der Waals surface area contributed by atoms with E-state index < -0.39 is 36.5 Å². The fourth-order valence-corrected chi connectivity index (χ4v) is 1.54. The first-order valence-corrected chi connectivity index (χ1v) is 6.18. The molecule has 0 spiro atoms. The predicted molar refractivity (Wildman–Crippen MR) is 70.5 cm³/mol. The number of ether oxygens (including phenoxy) is 1. The van der Waals surface area contributed by atoms with Crippen molar-refractivity contribution in [3.05, 3.63) is 29.8 Å². The van der Waals surface area contributed by atoms with Crippen LogP contribution in [-0.4, -0.2) is 27.7 Å². The van der Waals surface area contributed by atoms with Crippen LogP contribution in [-0.2, 0) is 6.18 Å². The van der Waals surface area contributed by atoms with Gasteiger partial charge in [0.25, 0.3) is 0 Å². The molecule has 1 aromatic carbocycles. The second-order valence-electron chi connectivity index (χ2n) is 4.41. The van der Waals surface area contributed by atoms with Crippen molar-refractivity contribution in [1.82, 2.24) is 15.0 Å². The lowest BCUT2D eigenvalue weighted by atomic mass is 10.2. The van der Waals surface area contributed by atoms with Crippen molar-refractivity contribution >= 4 is 17.6 Å². The SMILES string of the molecule is Nc1nc(Nc2cccc(C(F)(F)F)c2)nc(OCC(F)(F)F)n1. The van der Waals surface area contributed by atoms with Gasteiger partial charge in [-0.2, -0.15) is 41.3 Å². The first-order valence-electron chi connectivity index (χ1n) is 6.18. The first kappa shape index (κ1) is 17.6. The Morgan fingerprint density at radius 2 is 1.75 bits per heavy atom. The van der Waals surface area contributed by atoms with Gasteiger partial charge in [0.1, 0.15) is 0 Å². The average molecular weight is 353 g/mol. The zero-order chi connectivity index (χ0) is 18.0. The molecule has 6 nitrogen and oxygen atoms in total. The molecule has 0 unspecified atom stereocenters. The summed E-state index contributed by atoms with van der Waals surface area (Å²) in [4.78, 5) is 10.4. The molecule has 0 atom stereocenters. The van der Waals surface area contributed by atoms with Crippen LogP contribution < -0.4 is 15.8 Å². The normalized spacial score (nSPS) is 12.1. The van der Waals surface area contributed by atoms with Gasteiger partial charge in [-0.25, -0.2) is 0 Å². The van der Waals surface area contributed by atoms with Crippen molar-refractivity contribution in [3.63, 3.8) is 0 Å². The molecule has 12 heteroatoms. The van der Waals surface area contributed by atoms with Gasteiger partial charge in [0.2, 0.25) is 11.9 Å². The van der Waals surface area contributed by atoms with Gasteiger partial charge in [0.05, 0.1) is 5.56 Å². The lowest BCUT2D eigenvalue weighted by molar-refractivity contribution is -0.154. The van der Waals surface area contributed by atoms with Gasteiger partial charge < -0.3 is 15.8 Å². The summed E-state index contributed by atoms with van der Waals surface area (Å²) in [5.74, 6) is -0.823. The van der Waals surface area contributed by atoms with Gasteiger partial charge in [-0.15, -0.1) is 0 Å². The molecule has 0 saturated carbocycles. The van der Waals surface area contributed by atoms with Crippen LogP contribution in [0.1, 0.15) is 5.56 Å². The fraction of sp³-hybridized carbons (Fsp3) is 0.250. The van der Waals surface area contributed by atoms with E-state index in [2.05, 4.69) is 25.0 Å². The third-order valence-corrected chi connectivity index (χ3v) is 2.44. The molecule has 0 aliphatic carbocycles. The Bertz CT molecular complexity index is 718. The Morgan fingerprint density at radius 3 is 2.38 bits per heavy atom. The van der Waals surface area contributed by atoms with Crippen molar-refractivity contribution < 1.29 is 31.1 Å². The minimum absolute atomic E-state index is 0.0443. The maximum absolute atomic E-state index is 12.6. The van der Waals surface area contributed by atoms with Gasteiger partial charge in [-0.3, -0.25) is 0 Å². The molecular weight excluding hydrogens is 344 g/mol. The summed E-state index contributed by atoms with van der Waals surface area (Å²) < 4.78 is 78.5. The number of hydrogen-bond donors (Lipinski definition) is 2. The van der Waals surface area contributed by atoms with E-state index in [0.717, 1.165) is 18.2 Å². The number of anilines is 3. The van der Waals surface area contributed by atoms with Gasteiger partial charge in [0.15, 0.2) is 6.61 Å². The molecule has 0 fully saturated rings. The zero-order valence-electron chi connectivity index (χ0n) is 11.6. The Morgan fingerprint density at radius 1 is 1.04 bits per heavy atom. The van der Waals surface area contributed by atoms with Gasteiger partial charge >= 0.3 is 18.4 Å². The van der Waals surface area contributed by atoms with Crippen molar-refractivity contribution in [3.8, 4) is 6.01 Å². The minimum Gasteiger partial charge on any atom is -0.454 e. The van der Waals surface area contributed by atoms with E-state index in [-0.39, 0.29) is 11.6 Å². The molecule has 0 radical (unpaired) electrons. The van der Waals surface area contributed by atoms with Gasteiger partial charge in [-0.05, 0) is 18.2 Å². The largest absolute Gasteiger partial charge is 0.454 e. The number of benzene rings is 1. The molecule has 1 heterocycles. The number of halogens is 6. The number of nitrogens with zero attached hydrogens (tertiary/aromatic N) is 3.